The van der Waals surface area contributed by atoms with E-state index in [1.165, 1.54) is 0 Å². The summed E-state index contributed by atoms with van der Waals surface area (Å²) in [4.78, 5) is 0. The number of ether oxygens (including phenoxy) is 1. The van der Waals surface area contributed by atoms with Crippen molar-refractivity contribution in [1.29, 1.82) is 0 Å². The predicted molar refractivity (Wildman–Crippen MR) is 165 cm³/mol. The first-order valence-corrected chi connectivity index (χ1v) is 13.2. The highest BCUT2D eigenvalue weighted by Gasteiger charge is 2.26. The van der Waals surface area contributed by atoms with Gasteiger partial charge >= 0.3 is 0 Å². The lowest BCUT2D eigenvalue weighted by Crippen LogP contribution is -2.47. The average Bonchev–Trinajstić information content (AvgIpc) is 2.86. The smallest absolute Gasteiger partial charge is 0.180 e. The summed E-state index contributed by atoms with van der Waals surface area (Å²) in [6.07, 6.45) is 0.672. The lowest BCUT2D eigenvalue weighted by atomic mass is 10.00. The number of rotatable bonds is 11. The third kappa shape index (κ3) is 10.1. The second-order valence-electron chi connectivity index (χ2n) is 9.85. The van der Waals surface area contributed by atoms with Gasteiger partial charge < -0.3 is 26.2 Å². The molecule has 38 heavy (non-hydrogen) atoms. The van der Waals surface area contributed by atoms with Crippen LogP contribution in [-0.4, -0.2) is 51.8 Å². The number of hydrogen-bond acceptors (Lipinski definition) is 7. The molecule has 9 nitrogen and oxygen atoms in total. The molecule has 2 aromatic rings. The van der Waals surface area contributed by atoms with Gasteiger partial charge in [-0.25, -0.2) is 0 Å². The lowest BCUT2D eigenvalue weighted by Gasteiger charge is -2.32. The molecule has 0 aliphatic heterocycles. The highest BCUT2D eigenvalue weighted by atomic mass is 32.1. The standard InChI is InChI=1S/C27H39N7O2S2/c1-18(2)27(5,28)36-17-16-26(3,4)30-25(38)34-32-22(19-10-8-7-9-11-19)23(31-33-24(37)29-6)20-12-14-21(35)15-13-20/h7-15,18,35H,16-17,28H2,1-6H3,(H2,29,33,37)(H2,30,34,38)/b31-23+,32-22+. The first-order valence-electron chi connectivity index (χ1n) is 12.3. The summed E-state index contributed by atoms with van der Waals surface area (Å²) in [6.45, 7) is 10.5. The van der Waals surface area contributed by atoms with E-state index in [2.05, 4.69) is 56.3 Å². The Morgan fingerprint density at radius 2 is 1.42 bits per heavy atom. The summed E-state index contributed by atoms with van der Waals surface area (Å²) < 4.78 is 5.90. The van der Waals surface area contributed by atoms with Crippen molar-refractivity contribution in [3.05, 3.63) is 65.7 Å². The van der Waals surface area contributed by atoms with E-state index in [1.54, 1.807) is 31.3 Å². The molecule has 0 saturated heterocycles. The van der Waals surface area contributed by atoms with Crippen LogP contribution in [0.1, 0.15) is 52.2 Å². The third-order valence-electron chi connectivity index (χ3n) is 5.86. The number of hydrogen-bond donors (Lipinski definition) is 6. The molecule has 206 valence electrons. The molecule has 2 rings (SSSR count). The van der Waals surface area contributed by atoms with Gasteiger partial charge in [-0.15, -0.1) is 45.7 Å². The molecule has 2 aromatic carbocycles. The van der Waals surface area contributed by atoms with Gasteiger partial charge in [-0.2, -0.15) is 0 Å². The quantitative estimate of drug-likeness (QED) is 0.0802. The molecule has 0 amide bonds. The van der Waals surface area contributed by atoms with E-state index < -0.39 is 5.72 Å². The molecule has 0 bridgehead atoms. The maximum Gasteiger partial charge on any atom is 0.180 e. The Morgan fingerprint density at radius 3 is 1.95 bits per heavy atom. The highest BCUT2D eigenvalue weighted by Crippen LogP contribution is 2.18. The van der Waals surface area contributed by atoms with Crippen molar-refractivity contribution in [3.8, 4) is 5.75 Å². The fourth-order valence-corrected chi connectivity index (χ4v) is 3.42. The zero-order valence-corrected chi connectivity index (χ0v) is 24.6. The first kappa shape index (κ1) is 31.4. The summed E-state index contributed by atoms with van der Waals surface area (Å²) in [6, 6.07) is 16.1. The van der Waals surface area contributed by atoms with Crippen LogP contribution in [0.5, 0.6) is 5.75 Å². The number of nitrogens with two attached hydrogens (primary N) is 1. The summed E-state index contributed by atoms with van der Waals surface area (Å²) in [5.41, 5.74) is 7.49. The van der Waals surface area contributed by atoms with Gasteiger partial charge in [0.2, 0.25) is 0 Å². The van der Waals surface area contributed by atoms with Crippen LogP contribution in [-0.2, 0) is 4.74 Å². The van der Waals surface area contributed by atoms with Gasteiger partial charge in [0.1, 0.15) is 22.9 Å². The van der Waals surface area contributed by atoms with E-state index in [0.29, 0.717) is 40.3 Å². The molecule has 1 atom stereocenters. The van der Waals surface area contributed by atoms with Crippen molar-refractivity contribution in [2.75, 3.05) is 13.7 Å². The van der Waals surface area contributed by atoms with Crippen molar-refractivity contribution in [3.63, 3.8) is 0 Å². The van der Waals surface area contributed by atoms with Gasteiger partial charge in [-0.1, -0.05) is 44.2 Å². The Hall–Kier alpha value is -2.86. The van der Waals surface area contributed by atoms with Gasteiger partial charge in [-0.05, 0) is 57.4 Å². The number of nitrogens with one attached hydrogen (secondary N) is 2. The van der Waals surface area contributed by atoms with Crippen LogP contribution in [0.3, 0.4) is 0 Å². The van der Waals surface area contributed by atoms with Crippen molar-refractivity contribution in [2.45, 2.75) is 52.3 Å². The predicted octanol–water partition coefficient (Wildman–Crippen LogP) is 4.40. The Morgan fingerprint density at radius 1 is 0.895 bits per heavy atom. The molecule has 0 radical (unpaired) electrons. The highest BCUT2D eigenvalue weighted by molar-refractivity contribution is 7.97. The minimum absolute atomic E-state index is 0.134. The Kier molecular flexibility index (Phi) is 11.8. The second kappa shape index (κ2) is 14.3. The van der Waals surface area contributed by atoms with Gasteiger partial charge in [0.05, 0.1) is 6.61 Å². The molecule has 0 saturated carbocycles. The summed E-state index contributed by atoms with van der Waals surface area (Å²) in [7, 11) is 1.69. The average molecular weight is 558 g/mol. The molecular weight excluding hydrogens is 518 g/mol. The largest absolute Gasteiger partial charge is 0.508 e. The number of nitrogens with zero attached hydrogens (tertiary/aromatic N) is 4. The molecule has 0 fully saturated rings. The molecule has 0 aliphatic carbocycles. The van der Waals surface area contributed by atoms with Crippen molar-refractivity contribution >= 4 is 47.0 Å². The molecule has 5 N–H and O–H groups in total. The summed E-state index contributed by atoms with van der Waals surface area (Å²) >= 11 is 8.80. The molecule has 0 spiro atoms. The molecular formula is C27H39N7O2S2. The fourth-order valence-electron chi connectivity index (χ4n) is 3.03. The first-order chi connectivity index (χ1) is 17.8. The van der Waals surface area contributed by atoms with Gasteiger partial charge in [0.25, 0.3) is 0 Å². The zero-order chi connectivity index (χ0) is 28.3. The molecule has 11 heteroatoms. The Balaban J connectivity index is 2.41. The number of phenols is 1. The van der Waals surface area contributed by atoms with Crippen molar-refractivity contribution < 1.29 is 9.84 Å². The number of amidine groups is 2. The second-order valence-corrected chi connectivity index (χ2v) is 10.7. The molecule has 1 unspecified atom stereocenters. The third-order valence-corrected chi connectivity index (χ3v) is 6.38. The van der Waals surface area contributed by atoms with E-state index in [4.69, 9.17) is 10.5 Å². The van der Waals surface area contributed by atoms with Crippen LogP contribution in [0.4, 0.5) is 0 Å². The summed E-state index contributed by atoms with van der Waals surface area (Å²) in [5.74, 6) is 0.321. The van der Waals surface area contributed by atoms with Crippen LogP contribution in [0, 0.1) is 5.92 Å². The van der Waals surface area contributed by atoms with E-state index >= 15 is 0 Å². The van der Waals surface area contributed by atoms with Crippen LogP contribution < -0.4 is 16.4 Å². The van der Waals surface area contributed by atoms with E-state index in [0.717, 1.165) is 5.56 Å². The molecule has 0 aliphatic rings. The molecule has 0 heterocycles. The van der Waals surface area contributed by atoms with Crippen LogP contribution in [0.25, 0.3) is 0 Å². The number of phenolic OH excluding ortho intramolecular Hbond substituents is 1. The fraction of sp³-hybridized carbons (Fsp3) is 0.407. The normalized spacial score (nSPS) is 15.4. The SMILES string of the molecule is CN/C(S)=N/N=C(/C(=N/N=C(\S)NC(C)(C)CCOC(C)(N)C(C)C)c1ccccc1)c1ccc(O)cc1. The van der Waals surface area contributed by atoms with Gasteiger partial charge in [0, 0.05) is 23.7 Å². The van der Waals surface area contributed by atoms with Crippen molar-refractivity contribution in [2.24, 2.45) is 32.1 Å². The van der Waals surface area contributed by atoms with E-state index in [-0.39, 0.29) is 17.2 Å². The van der Waals surface area contributed by atoms with E-state index in [1.807, 2.05) is 65.0 Å². The van der Waals surface area contributed by atoms with Crippen LogP contribution >= 0.6 is 25.3 Å². The summed E-state index contributed by atoms with van der Waals surface area (Å²) in [5, 5.41) is 34.0. The Bertz CT molecular complexity index is 1160. The Labute approximate surface area is 236 Å². The van der Waals surface area contributed by atoms with Gasteiger partial charge in [0.15, 0.2) is 10.3 Å². The number of benzene rings is 2. The monoisotopic (exact) mass is 557 g/mol. The van der Waals surface area contributed by atoms with Crippen molar-refractivity contribution in [1.82, 2.24) is 10.6 Å². The maximum absolute atomic E-state index is 9.79. The maximum atomic E-state index is 9.79. The minimum Gasteiger partial charge on any atom is -0.508 e. The van der Waals surface area contributed by atoms with Crippen LogP contribution in [0.2, 0.25) is 0 Å². The lowest BCUT2D eigenvalue weighted by molar-refractivity contribution is -0.0649. The topological polar surface area (TPSA) is 129 Å². The number of aromatic hydroxyl groups is 1. The minimum atomic E-state index is -0.699. The number of thiol groups is 2. The van der Waals surface area contributed by atoms with E-state index in [9.17, 15) is 5.11 Å². The van der Waals surface area contributed by atoms with Crippen LogP contribution in [0.15, 0.2) is 75.0 Å². The van der Waals surface area contributed by atoms with Gasteiger partial charge in [-0.3, -0.25) is 0 Å². The zero-order valence-electron chi connectivity index (χ0n) is 22.8. The molecule has 0 aromatic heterocycles.